The number of rotatable bonds is 45. The van der Waals surface area contributed by atoms with E-state index in [4.69, 9.17) is 14.2 Å². The second-order valence-corrected chi connectivity index (χ2v) is 16.8. The normalized spacial score (nSPS) is 12.6. The van der Waals surface area contributed by atoms with E-state index < -0.39 is 6.10 Å². The molecule has 0 fully saturated rings. The lowest BCUT2D eigenvalue weighted by Crippen LogP contribution is -2.30. The molecule has 350 valence electrons. The zero-order valence-corrected chi connectivity index (χ0v) is 39.9. The summed E-state index contributed by atoms with van der Waals surface area (Å²) in [4.78, 5) is 37.9. The van der Waals surface area contributed by atoms with Gasteiger partial charge in [0, 0.05) is 19.3 Å². The Morgan fingerprint density at radius 2 is 0.672 bits per heavy atom. The fourth-order valence-electron chi connectivity index (χ4n) is 7.00. The van der Waals surface area contributed by atoms with Gasteiger partial charge in [0.05, 0.1) is 0 Å². The first-order chi connectivity index (χ1) is 30.0. The van der Waals surface area contributed by atoms with Crippen LogP contribution in [0.25, 0.3) is 0 Å². The Morgan fingerprint density at radius 1 is 0.344 bits per heavy atom. The summed E-state index contributed by atoms with van der Waals surface area (Å²) < 4.78 is 16.7. The van der Waals surface area contributed by atoms with Crippen LogP contribution in [0.4, 0.5) is 0 Å². The molecule has 0 aliphatic heterocycles. The average Bonchev–Trinajstić information content (AvgIpc) is 3.26. The third-order valence-electron chi connectivity index (χ3n) is 10.8. The molecule has 1 atom stereocenters. The molecule has 0 N–H and O–H groups in total. The second kappa shape index (κ2) is 49.5. The number of hydrogen-bond donors (Lipinski definition) is 0. The van der Waals surface area contributed by atoms with Crippen molar-refractivity contribution in [1.29, 1.82) is 0 Å². The molecule has 6 heteroatoms. The van der Waals surface area contributed by atoms with Gasteiger partial charge in [0.1, 0.15) is 13.2 Å². The lowest BCUT2D eigenvalue weighted by atomic mass is 10.0. The van der Waals surface area contributed by atoms with Crippen LogP contribution in [0.15, 0.2) is 72.9 Å². The summed E-state index contributed by atoms with van der Waals surface area (Å²) in [5, 5.41) is 0. The van der Waals surface area contributed by atoms with Crippen molar-refractivity contribution in [2.24, 2.45) is 0 Å². The predicted molar refractivity (Wildman–Crippen MR) is 261 cm³/mol. The molecular weight excluding hydrogens is 757 g/mol. The topological polar surface area (TPSA) is 78.9 Å². The number of hydrogen-bond acceptors (Lipinski definition) is 6. The first-order valence-electron chi connectivity index (χ1n) is 25.5. The van der Waals surface area contributed by atoms with Crippen molar-refractivity contribution in [3.05, 3.63) is 72.9 Å². The Morgan fingerprint density at radius 3 is 1.10 bits per heavy atom. The number of ether oxygens (including phenoxy) is 3. The molecule has 0 spiro atoms. The SMILES string of the molecule is CC\C=C/C=C\C=C/C=C\C=C/CCCC(=O)OC(COC(=O)CCCCC/C=C\CCCCCCCC)COC(=O)CCCCCCCCCCCCCCCCCCC. The molecule has 0 saturated heterocycles. The van der Waals surface area contributed by atoms with Crippen molar-refractivity contribution in [3.63, 3.8) is 0 Å². The lowest BCUT2D eigenvalue weighted by Gasteiger charge is -2.18. The highest BCUT2D eigenvalue weighted by molar-refractivity contribution is 5.71. The van der Waals surface area contributed by atoms with E-state index in [-0.39, 0.29) is 37.5 Å². The van der Waals surface area contributed by atoms with Gasteiger partial charge < -0.3 is 14.2 Å². The molecule has 61 heavy (non-hydrogen) atoms. The zero-order valence-electron chi connectivity index (χ0n) is 39.9. The quantitative estimate of drug-likeness (QED) is 0.0200. The Kier molecular flexibility index (Phi) is 46.9. The Labute approximate surface area is 376 Å². The zero-order chi connectivity index (χ0) is 44.4. The first kappa shape index (κ1) is 57.9. The van der Waals surface area contributed by atoms with Gasteiger partial charge in [-0.25, -0.2) is 0 Å². The van der Waals surface area contributed by atoms with E-state index >= 15 is 0 Å². The lowest BCUT2D eigenvalue weighted by molar-refractivity contribution is -0.167. The van der Waals surface area contributed by atoms with Gasteiger partial charge in [0.15, 0.2) is 6.10 Å². The molecule has 0 aromatic carbocycles. The van der Waals surface area contributed by atoms with Crippen LogP contribution in [-0.2, 0) is 28.6 Å². The van der Waals surface area contributed by atoms with Gasteiger partial charge in [-0.3, -0.25) is 14.4 Å². The van der Waals surface area contributed by atoms with Gasteiger partial charge in [0.25, 0.3) is 0 Å². The number of carbonyl (C=O) groups is 3. The molecule has 6 nitrogen and oxygen atoms in total. The molecule has 0 saturated carbocycles. The van der Waals surface area contributed by atoms with Crippen LogP contribution < -0.4 is 0 Å². The maximum Gasteiger partial charge on any atom is 0.306 e. The smallest absolute Gasteiger partial charge is 0.306 e. The van der Waals surface area contributed by atoms with Crippen LogP contribution >= 0.6 is 0 Å². The summed E-state index contributed by atoms with van der Waals surface area (Å²) in [7, 11) is 0. The third-order valence-corrected chi connectivity index (χ3v) is 10.8. The molecule has 0 radical (unpaired) electrons. The maximum absolute atomic E-state index is 12.7. The van der Waals surface area contributed by atoms with Gasteiger partial charge in [-0.15, -0.1) is 0 Å². The van der Waals surface area contributed by atoms with Crippen LogP contribution in [0, 0.1) is 0 Å². The predicted octanol–water partition coefficient (Wildman–Crippen LogP) is 16.6. The van der Waals surface area contributed by atoms with E-state index in [0.29, 0.717) is 19.3 Å². The molecule has 0 bridgehead atoms. The number of carbonyl (C=O) groups excluding carboxylic acids is 3. The Hall–Kier alpha value is -3.15. The monoisotopic (exact) mass is 851 g/mol. The number of unbranched alkanes of at least 4 members (excludes halogenated alkanes) is 26. The molecule has 0 aromatic heterocycles. The first-order valence-corrected chi connectivity index (χ1v) is 25.5. The standard InChI is InChI=1S/C55H94O6/c1-4-7-10-13-16-19-22-25-26-27-28-31-33-36-39-42-45-48-54(57)60-51-52(61-55(58)49-46-43-40-37-34-30-24-21-18-15-12-9-6-3)50-59-53(56)47-44-41-38-35-32-29-23-20-17-14-11-8-5-2/h9,12,15,18,21,24,29-30,32,34,37,40,52H,4-8,10-11,13-14,16-17,19-20,22-23,25-28,31,33,35-36,38-39,41-51H2,1-3H3/b12-9-,18-15-,24-21-,32-29-,34-30-,40-37-. The fourth-order valence-corrected chi connectivity index (χ4v) is 7.00. The van der Waals surface area contributed by atoms with E-state index in [0.717, 1.165) is 64.2 Å². The Bertz CT molecular complexity index is 1160. The van der Waals surface area contributed by atoms with E-state index in [1.807, 2.05) is 54.7 Å². The van der Waals surface area contributed by atoms with Crippen LogP contribution in [-0.4, -0.2) is 37.2 Å². The van der Waals surface area contributed by atoms with Crippen molar-refractivity contribution >= 4 is 17.9 Å². The molecule has 0 heterocycles. The van der Waals surface area contributed by atoms with E-state index in [1.54, 1.807) is 0 Å². The molecule has 0 aromatic rings. The highest BCUT2D eigenvalue weighted by atomic mass is 16.6. The van der Waals surface area contributed by atoms with Crippen molar-refractivity contribution in [2.45, 2.75) is 245 Å². The third kappa shape index (κ3) is 47.7. The van der Waals surface area contributed by atoms with Gasteiger partial charge >= 0.3 is 17.9 Å². The minimum atomic E-state index is -0.815. The van der Waals surface area contributed by atoms with Crippen molar-refractivity contribution < 1.29 is 28.6 Å². The van der Waals surface area contributed by atoms with Crippen LogP contribution in [0.1, 0.15) is 239 Å². The molecule has 0 rings (SSSR count). The second-order valence-electron chi connectivity index (χ2n) is 16.8. The molecule has 0 aliphatic rings. The largest absolute Gasteiger partial charge is 0.462 e. The highest BCUT2D eigenvalue weighted by Gasteiger charge is 2.19. The Balaban J connectivity index is 4.45. The molecular formula is C55H94O6. The summed E-state index contributed by atoms with van der Waals surface area (Å²) >= 11 is 0. The van der Waals surface area contributed by atoms with E-state index in [2.05, 4.69) is 39.0 Å². The summed E-state index contributed by atoms with van der Waals surface area (Å²) in [5.74, 6) is -0.996. The van der Waals surface area contributed by atoms with Gasteiger partial charge in [0.2, 0.25) is 0 Å². The minimum absolute atomic E-state index is 0.107. The number of allylic oxidation sites excluding steroid dienone is 12. The van der Waals surface area contributed by atoms with Crippen molar-refractivity contribution in [2.75, 3.05) is 13.2 Å². The molecule has 0 aliphatic carbocycles. The summed E-state index contributed by atoms with van der Waals surface area (Å²) in [6.45, 7) is 6.42. The van der Waals surface area contributed by atoms with Gasteiger partial charge in [-0.1, -0.05) is 235 Å². The van der Waals surface area contributed by atoms with Crippen LogP contribution in [0.3, 0.4) is 0 Å². The highest BCUT2D eigenvalue weighted by Crippen LogP contribution is 2.15. The van der Waals surface area contributed by atoms with Gasteiger partial charge in [-0.2, -0.15) is 0 Å². The van der Waals surface area contributed by atoms with E-state index in [1.165, 1.54) is 128 Å². The maximum atomic E-state index is 12.7. The van der Waals surface area contributed by atoms with Crippen molar-refractivity contribution in [1.82, 2.24) is 0 Å². The van der Waals surface area contributed by atoms with Crippen LogP contribution in [0.5, 0.6) is 0 Å². The number of esters is 3. The molecule has 1 unspecified atom stereocenters. The summed E-state index contributed by atoms with van der Waals surface area (Å²) in [6.07, 6.45) is 61.8. The summed E-state index contributed by atoms with van der Waals surface area (Å²) in [5.41, 5.74) is 0. The van der Waals surface area contributed by atoms with Crippen molar-refractivity contribution in [3.8, 4) is 0 Å². The summed E-state index contributed by atoms with van der Waals surface area (Å²) in [6, 6.07) is 0. The van der Waals surface area contributed by atoms with E-state index in [9.17, 15) is 14.4 Å². The minimum Gasteiger partial charge on any atom is -0.462 e. The van der Waals surface area contributed by atoms with Gasteiger partial charge in [-0.05, 0) is 57.8 Å². The fraction of sp³-hybridized carbons (Fsp3) is 0.727. The molecule has 0 amide bonds. The van der Waals surface area contributed by atoms with Crippen LogP contribution in [0.2, 0.25) is 0 Å². The average molecular weight is 851 g/mol.